The predicted octanol–water partition coefficient (Wildman–Crippen LogP) is 2.81. The minimum absolute atomic E-state index is 0.336. The number of benzene rings is 2. The van der Waals surface area contributed by atoms with Crippen molar-refractivity contribution in [1.29, 1.82) is 0 Å². The number of ether oxygens (including phenoxy) is 1. The molecule has 0 aliphatic carbocycles. The molecule has 3 aromatic rings. The van der Waals surface area contributed by atoms with Gasteiger partial charge in [0.15, 0.2) is 0 Å². The van der Waals surface area contributed by atoms with Gasteiger partial charge in [-0.3, -0.25) is 0 Å². The molecule has 0 fully saturated rings. The van der Waals surface area contributed by atoms with E-state index in [0.717, 1.165) is 16.6 Å². The molecule has 0 spiro atoms. The molecule has 0 bridgehead atoms. The highest BCUT2D eigenvalue weighted by atomic mass is 16.5. The second-order valence-electron chi connectivity index (χ2n) is 4.17. The molecule has 4 nitrogen and oxygen atoms in total. The maximum Gasteiger partial charge on any atom is 0.337 e. The van der Waals surface area contributed by atoms with Gasteiger partial charge in [-0.05, 0) is 30.3 Å². The third-order valence-electron chi connectivity index (χ3n) is 2.97. The SMILES string of the molecule is COC(=O)c1ccc(-n2cc3ccccc3n2)cc1. The summed E-state index contributed by atoms with van der Waals surface area (Å²) in [7, 11) is 1.37. The van der Waals surface area contributed by atoms with E-state index in [2.05, 4.69) is 9.84 Å². The number of hydrogen-bond donors (Lipinski definition) is 0. The van der Waals surface area contributed by atoms with E-state index in [1.54, 1.807) is 16.8 Å². The molecule has 19 heavy (non-hydrogen) atoms. The van der Waals surface area contributed by atoms with Crippen molar-refractivity contribution in [2.75, 3.05) is 7.11 Å². The Hall–Kier alpha value is -2.62. The topological polar surface area (TPSA) is 44.1 Å². The summed E-state index contributed by atoms with van der Waals surface area (Å²) in [6.45, 7) is 0. The van der Waals surface area contributed by atoms with Crippen molar-refractivity contribution in [2.24, 2.45) is 0 Å². The van der Waals surface area contributed by atoms with Crippen molar-refractivity contribution in [3.63, 3.8) is 0 Å². The molecule has 0 N–H and O–H groups in total. The Bertz CT molecular complexity index is 696. The van der Waals surface area contributed by atoms with Gasteiger partial charge in [-0.1, -0.05) is 18.2 Å². The molecule has 0 atom stereocenters. The number of methoxy groups -OCH3 is 1. The fraction of sp³-hybridized carbons (Fsp3) is 0.0667. The number of esters is 1. The van der Waals surface area contributed by atoms with Crippen LogP contribution in [-0.4, -0.2) is 22.9 Å². The Kier molecular flexibility index (Phi) is 2.76. The molecule has 0 amide bonds. The van der Waals surface area contributed by atoms with E-state index >= 15 is 0 Å². The number of carbonyl (C=O) groups excluding carboxylic acids is 1. The molecule has 3 rings (SSSR count). The van der Waals surface area contributed by atoms with Crippen molar-refractivity contribution >= 4 is 16.9 Å². The quantitative estimate of drug-likeness (QED) is 0.659. The maximum absolute atomic E-state index is 11.4. The van der Waals surface area contributed by atoms with Gasteiger partial charge in [0.05, 0.1) is 23.9 Å². The fourth-order valence-electron chi connectivity index (χ4n) is 1.96. The number of fused-ring (bicyclic) bond motifs is 1. The van der Waals surface area contributed by atoms with Gasteiger partial charge in [0.2, 0.25) is 0 Å². The lowest BCUT2D eigenvalue weighted by molar-refractivity contribution is 0.0601. The summed E-state index contributed by atoms with van der Waals surface area (Å²) in [6.07, 6.45) is 1.96. The summed E-state index contributed by atoms with van der Waals surface area (Å²) in [4.78, 5) is 11.4. The Balaban J connectivity index is 1.99. The zero-order valence-electron chi connectivity index (χ0n) is 10.4. The third-order valence-corrected chi connectivity index (χ3v) is 2.97. The van der Waals surface area contributed by atoms with Gasteiger partial charge < -0.3 is 4.74 Å². The van der Waals surface area contributed by atoms with Gasteiger partial charge in [0.25, 0.3) is 0 Å². The highest BCUT2D eigenvalue weighted by molar-refractivity contribution is 5.89. The molecule has 0 saturated heterocycles. The Labute approximate surface area is 110 Å². The molecule has 2 aromatic carbocycles. The van der Waals surface area contributed by atoms with Crippen LogP contribution >= 0.6 is 0 Å². The zero-order chi connectivity index (χ0) is 13.2. The fourth-order valence-corrected chi connectivity index (χ4v) is 1.96. The van der Waals surface area contributed by atoms with Crippen LogP contribution in [0, 0.1) is 0 Å². The van der Waals surface area contributed by atoms with Gasteiger partial charge in [-0.15, -0.1) is 0 Å². The number of hydrogen-bond acceptors (Lipinski definition) is 3. The van der Waals surface area contributed by atoms with Gasteiger partial charge in [0.1, 0.15) is 0 Å². The van der Waals surface area contributed by atoms with Crippen LogP contribution in [0.4, 0.5) is 0 Å². The first-order chi connectivity index (χ1) is 9.28. The Morgan fingerprint density at radius 2 is 1.84 bits per heavy atom. The first-order valence-corrected chi connectivity index (χ1v) is 5.91. The van der Waals surface area contributed by atoms with E-state index in [4.69, 9.17) is 0 Å². The highest BCUT2D eigenvalue weighted by Crippen LogP contribution is 2.16. The average molecular weight is 252 g/mol. The summed E-state index contributed by atoms with van der Waals surface area (Å²) in [5.41, 5.74) is 2.38. The van der Waals surface area contributed by atoms with E-state index in [1.165, 1.54) is 7.11 Å². The maximum atomic E-state index is 11.4. The molecule has 0 saturated carbocycles. The van der Waals surface area contributed by atoms with Crippen LogP contribution in [0.15, 0.2) is 54.7 Å². The lowest BCUT2D eigenvalue weighted by Gasteiger charge is -2.02. The van der Waals surface area contributed by atoms with Crippen LogP contribution in [-0.2, 0) is 4.74 Å². The normalized spacial score (nSPS) is 10.6. The van der Waals surface area contributed by atoms with Crippen LogP contribution in [0.2, 0.25) is 0 Å². The Morgan fingerprint density at radius 1 is 1.11 bits per heavy atom. The monoisotopic (exact) mass is 252 g/mol. The summed E-state index contributed by atoms with van der Waals surface area (Å²) in [6, 6.07) is 15.1. The van der Waals surface area contributed by atoms with Crippen molar-refractivity contribution in [2.45, 2.75) is 0 Å². The van der Waals surface area contributed by atoms with Crippen LogP contribution in [0.25, 0.3) is 16.6 Å². The summed E-state index contributed by atoms with van der Waals surface area (Å²) in [5.74, 6) is -0.336. The number of rotatable bonds is 2. The minimum atomic E-state index is -0.336. The third kappa shape index (κ3) is 2.08. The highest BCUT2D eigenvalue weighted by Gasteiger charge is 2.06. The molecule has 1 heterocycles. The van der Waals surface area contributed by atoms with E-state index in [9.17, 15) is 4.79 Å². The smallest absolute Gasteiger partial charge is 0.337 e. The van der Waals surface area contributed by atoms with Crippen LogP contribution < -0.4 is 0 Å². The standard InChI is InChI=1S/C15H12N2O2/c1-19-15(18)11-6-8-13(9-7-11)17-10-12-4-2-3-5-14(12)16-17/h2-10H,1H3. The lowest BCUT2D eigenvalue weighted by Crippen LogP contribution is -2.01. The molecular formula is C15H12N2O2. The molecule has 0 aliphatic heterocycles. The molecule has 94 valence electrons. The van der Waals surface area contributed by atoms with E-state index in [1.807, 2.05) is 42.6 Å². The van der Waals surface area contributed by atoms with Gasteiger partial charge in [0, 0.05) is 11.6 Å². The van der Waals surface area contributed by atoms with Gasteiger partial charge >= 0.3 is 5.97 Å². The van der Waals surface area contributed by atoms with E-state index in [-0.39, 0.29) is 5.97 Å². The molecule has 4 heteroatoms. The van der Waals surface area contributed by atoms with Crippen molar-refractivity contribution in [3.8, 4) is 5.69 Å². The second-order valence-corrected chi connectivity index (χ2v) is 4.17. The van der Waals surface area contributed by atoms with E-state index in [0.29, 0.717) is 5.56 Å². The lowest BCUT2D eigenvalue weighted by atomic mass is 10.2. The van der Waals surface area contributed by atoms with Crippen LogP contribution in [0.1, 0.15) is 10.4 Å². The first kappa shape index (κ1) is 11.5. The zero-order valence-corrected chi connectivity index (χ0v) is 10.4. The predicted molar refractivity (Wildman–Crippen MR) is 72.4 cm³/mol. The van der Waals surface area contributed by atoms with Crippen LogP contribution in [0.3, 0.4) is 0 Å². The van der Waals surface area contributed by atoms with Crippen molar-refractivity contribution in [1.82, 2.24) is 9.78 Å². The average Bonchev–Trinajstić information content (AvgIpc) is 2.90. The van der Waals surface area contributed by atoms with Crippen molar-refractivity contribution in [3.05, 3.63) is 60.3 Å². The molecular weight excluding hydrogens is 240 g/mol. The summed E-state index contributed by atoms with van der Waals surface area (Å²) >= 11 is 0. The minimum Gasteiger partial charge on any atom is -0.465 e. The molecule has 0 unspecified atom stereocenters. The largest absolute Gasteiger partial charge is 0.465 e. The van der Waals surface area contributed by atoms with Crippen molar-refractivity contribution < 1.29 is 9.53 Å². The van der Waals surface area contributed by atoms with Crippen LogP contribution in [0.5, 0.6) is 0 Å². The van der Waals surface area contributed by atoms with Gasteiger partial charge in [-0.25, -0.2) is 9.48 Å². The summed E-state index contributed by atoms with van der Waals surface area (Å²) < 4.78 is 6.47. The first-order valence-electron chi connectivity index (χ1n) is 5.91. The number of nitrogens with zero attached hydrogens (tertiary/aromatic N) is 2. The number of carbonyl (C=O) groups is 1. The molecule has 0 aliphatic rings. The molecule has 0 radical (unpaired) electrons. The molecule has 1 aromatic heterocycles. The van der Waals surface area contributed by atoms with E-state index < -0.39 is 0 Å². The number of aromatic nitrogens is 2. The second kappa shape index (κ2) is 4.57. The van der Waals surface area contributed by atoms with Gasteiger partial charge in [-0.2, -0.15) is 5.10 Å². The summed E-state index contributed by atoms with van der Waals surface area (Å²) in [5, 5.41) is 5.56. The Morgan fingerprint density at radius 3 is 2.53 bits per heavy atom.